The smallest absolute Gasteiger partial charge is 0.258 e. The molecule has 2 heterocycles. The number of ether oxygens (including phenoxy) is 3. The summed E-state index contributed by atoms with van der Waals surface area (Å²) >= 11 is 0. The van der Waals surface area contributed by atoms with E-state index in [2.05, 4.69) is 5.32 Å². The molecule has 0 saturated carbocycles. The normalized spacial score (nSPS) is 19.3. The van der Waals surface area contributed by atoms with Crippen molar-refractivity contribution in [2.24, 2.45) is 0 Å². The van der Waals surface area contributed by atoms with Gasteiger partial charge in [-0.2, -0.15) is 4.31 Å². The molecule has 9 nitrogen and oxygen atoms in total. The highest BCUT2D eigenvalue weighted by atomic mass is 32.2. The first-order valence-electron chi connectivity index (χ1n) is 9.54. The first-order chi connectivity index (χ1) is 13.6. The maximum absolute atomic E-state index is 12.6. The van der Waals surface area contributed by atoms with Crippen LogP contribution < -0.4 is 15.0 Å². The van der Waals surface area contributed by atoms with Crippen molar-refractivity contribution >= 4 is 15.9 Å². The molecule has 10 heteroatoms. The molecule has 0 spiro atoms. The van der Waals surface area contributed by atoms with Crippen molar-refractivity contribution in [3.63, 3.8) is 0 Å². The molecule has 0 unspecified atom stereocenters. The van der Waals surface area contributed by atoms with Gasteiger partial charge < -0.3 is 24.4 Å². The van der Waals surface area contributed by atoms with Gasteiger partial charge in [0, 0.05) is 13.1 Å². The summed E-state index contributed by atoms with van der Waals surface area (Å²) in [6.45, 7) is 6.34. The Labute approximate surface area is 165 Å². The molecule has 1 amide bonds. The summed E-state index contributed by atoms with van der Waals surface area (Å²) in [5, 5.41) is 2.84. The zero-order valence-electron chi connectivity index (χ0n) is 15.9. The van der Waals surface area contributed by atoms with Crippen LogP contribution in [0, 0.1) is 0 Å². The number of hydrogen-bond donors (Lipinski definition) is 2. The van der Waals surface area contributed by atoms with E-state index in [1.54, 1.807) is 12.1 Å². The van der Waals surface area contributed by atoms with E-state index in [9.17, 15) is 13.2 Å². The average Bonchev–Trinajstić information content (AvgIpc) is 2.74. The van der Waals surface area contributed by atoms with Gasteiger partial charge in [-0.3, -0.25) is 4.79 Å². The second kappa shape index (κ2) is 10.2. The molecule has 3 rings (SSSR count). The Kier molecular flexibility index (Phi) is 7.63. The summed E-state index contributed by atoms with van der Waals surface area (Å²) in [6.07, 6.45) is 0. The molecule has 2 aliphatic rings. The summed E-state index contributed by atoms with van der Waals surface area (Å²) in [4.78, 5) is 13.5. The van der Waals surface area contributed by atoms with E-state index in [1.165, 1.54) is 21.3 Å². The number of morpholine rings is 2. The maximum atomic E-state index is 12.6. The molecule has 28 heavy (non-hydrogen) atoms. The molecule has 1 aromatic rings. The molecule has 2 aliphatic heterocycles. The Hall–Kier alpha value is -1.72. The van der Waals surface area contributed by atoms with Crippen molar-refractivity contribution in [2.45, 2.75) is 4.90 Å². The lowest BCUT2D eigenvalue weighted by molar-refractivity contribution is -0.906. The molecule has 0 aromatic heterocycles. The number of carbonyl (C=O) groups excluding carboxylic acids is 1. The van der Waals surface area contributed by atoms with Crippen LogP contribution in [0.1, 0.15) is 0 Å². The Morgan fingerprint density at radius 2 is 1.71 bits per heavy atom. The number of nitrogens with zero attached hydrogens (tertiary/aromatic N) is 1. The van der Waals surface area contributed by atoms with Crippen molar-refractivity contribution < 1.29 is 32.3 Å². The fourth-order valence-electron chi connectivity index (χ4n) is 3.13. The summed E-state index contributed by atoms with van der Waals surface area (Å²) in [5.74, 6) is 0.257. The SMILES string of the molecule is O=C(COc1ccc(S(=O)(=O)N2CCOCC2)cc1)NCC[NH+]1CCOCC1. The van der Waals surface area contributed by atoms with Crippen LogP contribution in [0.2, 0.25) is 0 Å². The average molecular weight is 415 g/mol. The number of carbonyl (C=O) groups is 1. The second-order valence-electron chi connectivity index (χ2n) is 6.74. The van der Waals surface area contributed by atoms with Crippen molar-refractivity contribution in [3.05, 3.63) is 24.3 Å². The number of hydrogen-bond acceptors (Lipinski definition) is 6. The topological polar surface area (TPSA) is 98.6 Å². The van der Waals surface area contributed by atoms with E-state index in [0.717, 1.165) is 32.8 Å². The van der Waals surface area contributed by atoms with Crippen LogP contribution >= 0.6 is 0 Å². The molecule has 2 fully saturated rings. The first-order valence-corrected chi connectivity index (χ1v) is 11.0. The van der Waals surface area contributed by atoms with E-state index in [4.69, 9.17) is 14.2 Å². The lowest BCUT2D eigenvalue weighted by Crippen LogP contribution is -3.14. The molecule has 0 bridgehead atoms. The third-order valence-electron chi connectivity index (χ3n) is 4.80. The molecule has 2 N–H and O–H groups in total. The standard InChI is InChI=1S/C18H27N3O6S/c22-18(19-5-6-20-7-11-25-12-8-20)15-27-16-1-3-17(4-2-16)28(23,24)21-9-13-26-14-10-21/h1-4H,5-15H2,(H,19,22)/p+1. The molecular weight excluding hydrogens is 386 g/mol. The van der Waals surface area contributed by atoms with Crippen LogP contribution in [0.15, 0.2) is 29.2 Å². The van der Waals surface area contributed by atoms with Gasteiger partial charge >= 0.3 is 0 Å². The predicted molar refractivity (Wildman–Crippen MR) is 101 cm³/mol. The number of sulfonamides is 1. The van der Waals surface area contributed by atoms with Crippen LogP contribution in [-0.4, -0.2) is 90.9 Å². The Balaban J connectivity index is 1.41. The van der Waals surface area contributed by atoms with Gasteiger partial charge in [0.25, 0.3) is 5.91 Å². The minimum atomic E-state index is -3.53. The fourth-order valence-corrected chi connectivity index (χ4v) is 4.54. The summed E-state index contributed by atoms with van der Waals surface area (Å²) in [6, 6.07) is 6.14. The van der Waals surface area contributed by atoms with Crippen molar-refractivity contribution in [2.75, 3.05) is 72.3 Å². The number of benzene rings is 1. The maximum Gasteiger partial charge on any atom is 0.258 e. The molecule has 0 aliphatic carbocycles. The lowest BCUT2D eigenvalue weighted by Gasteiger charge is -2.26. The van der Waals surface area contributed by atoms with E-state index < -0.39 is 10.0 Å². The van der Waals surface area contributed by atoms with Gasteiger partial charge in [-0.05, 0) is 24.3 Å². The van der Waals surface area contributed by atoms with Crippen LogP contribution in [0.4, 0.5) is 0 Å². The highest BCUT2D eigenvalue weighted by Crippen LogP contribution is 2.20. The van der Waals surface area contributed by atoms with E-state index >= 15 is 0 Å². The molecule has 2 saturated heterocycles. The van der Waals surface area contributed by atoms with E-state index in [-0.39, 0.29) is 17.4 Å². The van der Waals surface area contributed by atoms with Gasteiger partial charge in [-0.15, -0.1) is 0 Å². The van der Waals surface area contributed by atoms with Gasteiger partial charge in [-0.1, -0.05) is 0 Å². The van der Waals surface area contributed by atoms with Crippen molar-refractivity contribution in [3.8, 4) is 5.75 Å². The van der Waals surface area contributed by atoms with Gasteiger partial charge in [-0.25, -0.2) is 8.42 Å². The van der Waals surface area contributed by atoms with Crippen molar-refractivity contribution in [1.82, 2.24) is 9.62 Å². The number of nitrogens with one attached hydrogen (secondary N) is 2. The number of amides is 1. The number of quaternary nitrogens is 1. The van der Waals surface area contributed by atoms with Gasteiger partial charge in [0.1, 0.15) is 18.8 Å². The van der Waals surface area contributed by atoms with Gasteiger partial charge in [0.2, 0.25) is 10.0 Å². The van der Waals surface area contributed by atoms with Crippen LogP contribution in [-0.2, 0) is 24.3 Å². The number of rotatable bonds is 8. The van der Waals surface area contributed by atoms with Gasteiger partial charge in [0.05, 0.1) is 44.4 Å². The molecular formula is C18H28N3O6S+. The van der Waals surface area contributed by atoms with Gasteiger partial charge in [0.15, 0.2) is 6.61 Å². The summed E-state index contributed by atoms with van der Waals surface area (Å²) in [7, 11) is -3.53. The summed E-state index contributed by atoms with van der Waals surface area (Å²) < 4.78 is 42.5. The van der Waals surface area contributed by atoms with E-state index in [0.29, 0.717) is 38.6 Å². The second-order valence-corrected chi connectivity index (χ2v) is 8.68. The zero-order chi connectivity index (χ0) is 19.8. The Morgan fingerprint density at radius 1 is 1.07 bits per heavy atom. The van der Waals surface area contributed by atoms with Crippen LogP contribution in [0.25, 0.3) is 0 Å². The minimum Gasteiger partial charge on any atom is -0.484 e. The summed E-state index contributed by atoms with van der Waals surface area (Å²) in [5.41, 5.74) is 0. The molecule has 0 atom stereocenters. The highest BCUT2D eigenvalue weighted by Gasteiger charge is 2.26. The molecule has 0 radical (unpaired) electrons. The zero-order valence-corrected chi connectivity index (χ0v) is 16.7. The van der Waals surface area contributed by atoms with Crippen LogP contribution in [0.5, 0.6) is 5.75 Å². The monoisotopic (exact) mass is 414 g/mol. The van der Waals surface area contributed by atoms with E-state index in [1.807, 2.05) is 0 Å². The molecule has 1 aromatic carbocycles. The third kappa shape index (κ3) is 5.89. The highest BCUT2D eigenvalue weighted by molar-refractivity contribution is 7.89. The minimum absolute atomic E-state index is 0.103. The molecule has 156 valence electrons. The van der Waals surface area contributed by atoms with Crippen LogP contribution in [0.3, 0.4) is 0 Å². The quantitative estimate of drug-likeness (QED) is 0.517. The predicted octanol–water partition coefficient (Wildman–Crippen LogP) is -1.88. The lowest BCUT2D eigenvalue weighted by atomic mass is 10.3. The fraction of sp³-hybridized carbons (Fsp3) is 0.611. The first kappa shape index (κ1) is 21.0. The Morgan fingerprint density at radius 3 is 2.39 bits per heavy atom. The third-order valence-corrected chi connectivity index (χ3v) is 6.71. The van der Waals surface area contributed by atoms with Crippen molar-refractivity contribution in [1.29, 1.82) is 0 Å². The Bertz CT molecular complexity index is 728. The largest absolute Gasteiger partial charge is 0.484 e.